The first-order chi connectivity index (χ1) is 8.43. The lowest BCUT2D eigenvalue weighted by Crippen LogP contribution is -2.24. The van der Waals surface area contributed by atoms with Crippen molar-refractivity contribution in [1.29, 1.82) is 0 Å². The molecule has 0 saturated heterocycles. The molecule has 1 aromatic heterocycles. The van der Waals surface area contributed by atoms with Crippen molar-refractivity contribution in [1.82, 2.24) is 9.78 Å². The number of nitrogens with two attached hydrogens (primary N) is 1. The molecule has 0 bridgehead atoms. The van der Waals surface area contributed by atoms with Crippen molar-refractivity contribution in [3.8, 4) is 17.0 Å². The van der Waals surface area contributed by atoms with Crippen LogP contribution in [0.1, 0.15) is 20.8 Å². The van der Waals surface area contributed by atoms with Gasteiger partial charge in [-0.25, -0.2) is 0 Å². The average molecular weight is 245 g/mol. The molecular weight excluding hydrogens is 226 g/mol. The Labute approximate surface area is 107 Å². The first-order valence-corrected chi connectivity index (χ1v) is 5.92. The SMILES string of the molecule is COc1cccc(-c2c(N)cnn2C(C)(C)C)c1. The van der Waals surface area contributed by atoms with Gasteiger partial charge in [0.25, 0.3) is 0 Å². The predicted molar refractivity (Wildman–Crippen MR) is 73.6 cm³/mol. The van der Waals surface area contributed by atoms with E-state index in [1.807, 2.05) is 28.9 Å². The highest BCUT2D eigenvalue weighted by Crippen LogP contribution is 2.32. The molecule has 0 aliphatic heterocycles. The number of hydrogen-bond acceptors (Lipinski definition) is 3. The smallest absolute Gasteiger partial charge is 0.119 e. The zero-order chi connectivity index (χ0) is 13.3. The van der Waals surface area contributed by atoms with E-state index < -0.39 is 0 Å². The second kappa shape index (κ2) is 4.37. The van der Waals surface area contributed by atoms with Gasteiger partial charge in [-0.3, -0.25) is 4.68 Å². The molecule has 1 aromatic carbocycles. The summed E-state index contributed by atoms with van der Waals surface area (Å²) in [5.41, 5.74) is 8.55. The third-order valence-corrected chi connectivity index (χ3v) is 2.78. The highest BCUT2D eigenvalue weighted by molar-refractivity contribution is 5.73. The maximum absolute atomic E-state index is 6.04. The van der Waals surface area contributed by atoms with E-state index in [1.54, 1.807) is 13.3 Å². The number of nitrogens with zero attached hydrogens (tertiary/aromatic N) is 2. The molecular formula is C14H19N3O. The molecule has 0 aliphatic rings. The number of ether oxygens (including phenoxy) is 1. The zero-order valence-electron chi connectivity index (χ0n) is 11.3. The van der Waals surface area contributed by atoms with E-state index in [4.69, 9.17) is 10.5 Å². The molecule has 4 heteroatoms. The van der Waals surface area contributed by atoms with Crippen LogP contribution in [0, 0.1) is 0 Å². The molecule has 2 aromatic rings. The van der Waals surface area contributed by atoms with Crippen molar-refractivity contribution in [2.75, 3.05) is 12.8 Å². The average Bonchev–Trinajstić information content (AvgIpc) is 2.71. The highest BCUT2D eigenvalue weighted by atomic mass is 16.5. The summed E-state index contributed by atoms with van der Waals surface area (Å²) in [6, 6.07) is 7.85. The minimum absolute atomic E-state index is 0.115. The van der Waals surface area contributed by atoms with E-state index in [9.17, 15) is 0 Å². The number of rotatable bonds is 2. The first kappa shape index (κ1) is 12.5. The molecule has 0 saturated carbocycles. The Balaban J connectivity index is 2.59. The monoisotopic (exact) mass is 245 g/mol. The number of methoxy groups -OCH3 is 1. The van der Waals surface area contributed by atoms with Gasteiger partial charge in [0.2, 0.25) is 0 Å². The van der Waals surface area contributed by atoms with E-state index >= 15 is 0 Å². The van der Waals surface area contributed by atoms with Crippen LogP contribution in [0.25, 0.3) is 11.3 Å². The van der Waals surface area contributed by atoms with Crippen LogP contribution in [0.3, 0.4) is 0 Å². The Morgan fingerprint density at radius 3 is 2.61 bits per heavy atom. The van der Waals surface area contributed by atoms with Gasteiger partial charge in [-0.1, -0.05) is 12.1 Å². The van der Waals surface area contributed by atoms with E-state index in [0.29, 0.717) is 5.69 Å². The van der Waals surface area contributed by atoms with Crippen molar-refractivity contribution < 1.29 is 4.74 Å². The summed E-state index contributed by atoms with van der Waals surface area (Å²) in [6.07, 6.45) is 1.69. The van der Waals surface area contributed by atoms with Crippen LogP contribution < -0.4 is 10.5 Å². The molecule has 96 valence electrons. The predicted octanol–water partition coefficient (Wildman–Crippen LogP) is 2.90. The molecule has 0 aliphatic carbocycles. The van der Waals surface area contributed by atoms with Gasteiger partial charge in [0.1, 0.15) is 5.75 Å². The Morgan fingerprint density at radius 2 is 2.00 bits per heavy atom. The number of anilines is 1. The van der Waals surface area contributed by atoms with Crippen molar-refractivity contribution in [2.24, 2.45) is 0 Å². The van der Waals surface area contributed by atoms with Crippen LogP contribution in [-0.4, -0.2) is 16.9 Å². The Morgan fingerprint density at radius 1 is 1.28 bits per heavy atom. The van der Waals surface area contributed by atoms with Crippen LogP contribution in [0.15, 0.2) is 30.5 Å². The second-order valence-corrected chi connectivity index (χ2v) is 5.26. The fourth-order valence-corrected chi connectivity index (χ4v) is 1.93. The minimum Gasteiger partial charge on any atom is -0.497 e. The number of benzene rings is 1. The molecule has 0 unspecified atom stereocenters. The first-order valence-electron chi connectivity index (χ1n) is 5.92. The van der Waals surface area contributed by atoms with Crippen LogP contribution in [-0.2, 0) is 5.54 Å². The van der Waals surface area contributed by atoms with Gasteiger partial charge in [-0.05, 0) is 32.9 Å². The third kappa shape index (κ3) is 2.18. The second-order valence-electron chi connectivity index (χ2n) is 5.26. The van der Waals surface area contributed by atoms with Crippen LogP contribution >= 0.6 is 0 Å². The molecule has 2 N–H and O–H groups in total. The molecule has 0 atom stereocenters. The summed E-state index contributed by atoms with van der Waals surface area (Å²) in [5.74, 6) is 0.813. The number of aromatic nitrogens is 2. The van der Waals surface area contributed by atoms with Crippen LogP contribution in [0.4, 0.5) is 5.69 Å². The summed E-state index contributed by atoms with van der Waals surface area (Å²) in [4.78, 5) is 0. The maximum Gasteiger partial charge on any atom is 0.119 e. The lowest BCUT2D eigenvalue weighted by atomic mass is 10.1. The van der Waals surface area contributed by atoms with Gasteiger partial charge >= 0.3 is 0 Å². The number of hydrogen-bond donors (Lipinski definition) is 1. The number of nitrogen functional groups attached to an aromatic ring is 1. The molecule has 0 radical (unpaired) electrons. The third-order valence-electron chi connectivity index (χ3n) is 2.78. The fourth-order valence-electron chi connectivity index (χ4n) is 1.93. The summed E-state index contributed by atoms with van der Waals surface area (Å²) in [7, 11) is 1.66. The van der Waals surface area contributed by atoms with E-state index in [0.717, 1.165) is 17.0 Å². The molecule has 0 spiro atoms. The lowest BCUT2D eigenvalue weighted by Gasteiger charge is -2.22. The molecule has 0 amide bonds. The topological polar surface area (TPSA) is 53.1 Å². The molecule has 0 fully saturated rings. The molecule has 2 rings (SSSR count). The zero-order valence-corrected chi connectivity index (χ0v) is 11.3. The molecule has 1 heterocycles. The lowest BCUT2D eigenvalue weighted by molar-refractivity contribution is 0.360. The van der Waals surface area contributed by atoms with E-state index in [1.165, 1.54) is 0 Å². The van der Waals surface area contributed by atoms with Gasteiger partial charge in [0.15, 0.2) is 0 Å². The summed E-state index contributed by atoms with van der Waals surface area (Å²) in [6.45, 7) is 6.30. The van der Waals surface area contributed by atoms with Crippen molar-refractivity contribution in [3.05, 3.63) is 30.5 Å². The molecule has 18 heavy (non-hydrogen) atoms. The Bertz CT molecular complexity index is 552. The van der Waals surface area contributed by atoms with Gasteiger partial charge in [0.05, 0.1) is 30.2 Å². The quantitative estimate of drug-likeness (QED) is 0.885. The van der Waals surface area contributed by atoms with Crippen molar-refractivity contribution in [3.63, 3.8) is 0 Å². The van der Waals surface area contributed by atoms with Gasteiger partial charge in [0, 0.05) is 5.56 Å². The summed E-state index contributed by atoms with van der Waals surface area (Å²) < 4.78 is 7.19. The largest absolute Gasteiger partial charge is 0.497 e. The summed E-state index contributed by atoms with van der Waals surface area (Å²) in [5, 5.41) is 4.37. The summed E-state index contributed by atoms with van der Waals surface area (Å²) >= 11 is 0. The fraction of sp³-hybridized carbons (Fsp3) is 0.357. The normalized spacial score (nSPS) is 11.6. The van der Waals surface area contributed by atoms with E-state index in [-0.39, 0.29) is 5.54 Å². The maximum atomic E-state index is 6.04. The van der Waals surface area contributed by atoms with Crippen molar-refractivity contribution >= 4 is 5.69 Å². The Kier molecular flexibility index (Phi) is 3.03. The van der Waals surface area contributed by atoms with Gasteiger partial charge < -0.3 is 10.5 Å². The molecule has 4 nitrogen and oxygen atoms in total. The van der Waals surface area contributed by atoms with Crippen LogP contribution in [0.5, 0.6) is 5.75 Å². The van der Waals surface area contributed by atoms with Gasteiger partial charge in [-0.15, -0.1) is 0 Å². The Hall–Kier alpha value is -1.97. The van der Waals surface area contributed by atoms with Gasteiger partial charge in [-0.2, -0.15) is 5.10 Å². The van der Waals surface area contributed by atoms with E-state index in [2.05, 4.69) is 25.9 Å². The standard InChI is InChI=1S/C14H19N3O/c1-14(2,3)17-13(12(15)9-16-17)10-6-5-7-11(8-10)18-4/h5-9H,15H2,1-4H3. The van der Waals surface area contributed by atoms with Crippen molar-refractivity contribution in [2.45, 2.75) is 26.3 Å². The minimum atomic E-state index is -0.115. The highest BCUT2D eigenvalue weighted by Gasteiger charge is 2.21. The van der Waals surface area contributed by atoms with Crippen LogP contribution in [0.2, 0.25) is 0 Å².